The van der Waals surface area contributed by atoms with Crippen molar-refractivity contribution in [3.63, 3.8) is 0 Å². The molecule has 0 bridgehead atoms. The third-order valence-corrected chi connectivity index (χ3v) is 7.74. The van der Waals surface area contributed by atoms with Crippen molar-refractivity contribution >= 4 is 34.7 Å². The minimum atomic E-state index is -2.73. The number of nitrogens with one attached hydrogen (secondary N) is 1. The van der Waals surface area contributed by atoms with Crippen LogP contribution in [0.1, 0.15) is 34.5 Å². The number of nitrogens with zero attached hydrogens (tertiary/aromatic N) is 2. The largest absolute Gasteiger partial charge is 0.459 e. The molecule has 1 fully saturated rings. The van der Waals surface area contributed by atoms with Crippen molar-refractivity contribution in [1.82, 2.24) is 15.2 Å². The molecule has 45 heavy (non-hydrogen) atoms. The van der Waals surface area contributed by atoms with E-state index >= 15 is 0 Å². The van der Waals surface area contributed by atoms with Gasteiger partial charge in [-0.1, -0.05) is 24.3 Å². The Morgan fingerprint density at radius 1 is 0.933 bits per heavy atom. The van der Waals surface area contributed by atoms with Crippen LogP contribution >= 0.6 is 0 Å². The molecule has 0 unspecified atom stereocenters. The Kier molecular flexibility index (Phi) is 8.12. The van der Waals surface area contributed by atoms with Gasteiger partial charge in [0, 0.05) is 54.7 Å². The molecule has 0 aliphatic carbocycles. The number of hydrogen-bond acceptors (Lipinski definition) is 5. The molecule has 3 N–H and O–H groups in total. The summed E-state index contributed by atoms with van der Waals surface area (Å²) in [5, 5.41) is 3.58. The Hall–Kier alpha value is -5.38. The molecule has 3 aromatic carbocycles. The average Bonchev–Trinajstić information content (AvgIpc) is 3.46. The van der Waals surface area contributed by atoms with Gasteiger partial charge in [-0.15, -0.1) is 0 Å². The maximum Gasteiger partial charge on any atom is 0.253 e. The number of likely N-dealkylation sites (tertiary alicyclic amines) is 1. The number of benzene rings is 3. The number of nitrogen functional groups attached to an aromatic ring is 1. The molecule has 5 aromatic rings. The van der Waals surface area contributed by atoms with Gasteiger partial charge in [0.1, 0.15) is 23.0 Å². The molecule has 0 spiro atoms. The lowest BCUT2D eigenvalue weighted by molar-refractivity contribution is -0.116. The van der Waals surface area contributed by atoms with E-state index in [1.807, 2.05) is 30.3 Å². The highest BCUT2D eigenvalue weighted by Crippen LogP contribution is 2.36. The summed E-state index contributed by atoms with van der Waals surface area (Å²) in [6.45, 7) is 0.172. The number of amides is 2. The van der Waals surface area contributed by atoms with E-state index in [1.165, 1.54) is 23.1 Å². The quantitative estimate of drug-likeness (QED) is 0.192. The van der Waals surface area contributed by atoms with Crippen LogP contribution < -0.4 is 11.1 Å². The molecule has 2 aromatic heterocycles. The van der Waals surface area contributed by atoms with Crippen molar-refractivity contribution in [2.45, 2.75) is 25.3 Å². The number of hydrogen-bond donors (Lipinski definition) is 2. The maximum atomic E-state index is 13.8. The van der Waals surface area contributed by atoms with Gasteiger partial charge in [-0.05, 0) is 82.9 Å². The van der Waals surface area contributed by atoms with Gasteiger partial charge in [-0.25, -0.2) is 18.2 Å². The van der Waals surface area contributed by atoms with E-state index in [9.17, 15) is 22.8 Å². The second-order valence-electron chi connectivity index (χ2n) is 11.0. The number of nitrogens with two attached hydrogens (primary N) is 1. The summed E-state index contributed by atoms with van der Waals surface area (Å²) in [5.41, 5.74) is 10.4. The lowest BCUT2D eigenvalue weighted by atomic mass is 9.96. The summed E-state index contributed by atoms with van der Waals surface area (Å²) in [4.78, 5) is 30.8. The molecular formula is C35H29F3N4O3. The average molecular weight is 611 g/mol. The first-order chi connectivity index (χ1) is 21.6. The zero-order valence-corrected chi connectivity index (χ0v) is 24.1. The van der Waals surface area contributed by atoms with Gasteiger partial charge in [-0.2, -0.15) is 0 Å². The highest BCUT2D eigenvalue weighted by molar-refractivity contribution is 5.98. The summed E-state index contributed by atoms with van der Waals surface area (Å²) in [6, 6.07) is 22.2. The molecule has 2 amide bonds. The van der Waals surface area contributed by atoms with Crippen LogP contribution in [0, 0.1) is 5.82 Å². The smallest absolute Gasteiger partial charge is 0.253 e. The second kappa shape index (κ2) is 12.3. The molecular weight excluding hydrogens is 581 g/mol. The van der Waals surface area contributed by atoms with Crippen LogP contribution in [0.25, 0.3) is 39.3 Å². The topological polar surface area (TPSA) is 101 Å². The number of halogens is 3. The van der Waals surface area contributed by atoms with Crippen molar-refractivity contribution in [2.75, 3.05) is 18.8 Å². The van der Waals surface area contributed by atoms with Crippen molar-refractivity contribution in [2.24, 2.45) is 0 Å². The first-order valence-electron chi connectivity index (χ1n) is 14.4. The number of aromatic nitrogens is 1. The zero-order chi connectivity index (χ0) is 31.6. The molecule has 7 nitrogen and oxygen atoms in total. The number of carbonyl (C=O) groups excluding carboxylic acids is 2. The van der Waals surface area contributed by atoms with E-state index in [0.29, 0.717) is 22.7 Å². The predicted molar refractivity (Wildman–Crippen MR) is 167 cm³/mol. The van der Waals surface area contributed by atoms with Crippen LogP contribution in [0.5, 0.6) is 0 Å². The fraction of sp³-hybridized carbons (Fsp3) is 0.171. The Bertz CT molecular complexity index is 1870. The number of anilines is 1. The Morgan fingerprint density at radius 3 is 2.33 bits per heavy atom. The second-order valence-corrected chi connectivity index (χ2v) is 11.0. The van der Waals surface area contributed by atoms with E-state index in [-0.39, 0.29) is 50.1 Å². The molecule has 0 saturated carbocycles. The van der Waals surface area contributed by atoms with Gasteiger partial charge >= 0.3 is 0 Å². The molecule has 6 rings (SSSR count). The molecule has 10 heteroatoms. The van der Waals surface area contributed by atoms with Gasteiger partial charge in [0.2, 0.25) is 5.91 Å². The minimum Gasteiger partial charge on any atom is -0.459 e. The SMILES string of the molecule is Nc1ccc(/C=C/C(=O)NCc2cc3cc(-c4ccc(C(=O)N5CCC(F)(F)CC5)cc4)cc(-c4ccc(F)cc4)c3o2)cn1. The van der Waals surface area contributed by atoms with E-state index < -0.39 is 5.92 Å². The van der Waals surface area contributed by atoms with E-state index in [0.717, 1.165) is 33.2 Å². The fourth-order valence-corrected chi connectivity index (χ4v) is 5.25. The third kappa shape index (κ3) is 6.90. The Labute approximate surface area is 257 Å². The van der Waals surface area contributed by atoms with E-state index in [4.69, 9.17) is 10.2 Å². The number of pyridine rings is 1. The summed E-state index contributed by atoms with van der Waals surface area (Å²) < 4.78 is 47.1. The highest BCUT2D eigenvalue weighted by atomic mass is 19.3. The van der Waals surface area contributed by atoms with Gasteiger partial charge in [-0.3, -0.25) is 9.59 Å². The number of furan rings is 1. The van der Waals surface area contributed by atoms with Crippen molar-refractivity contribution in [3.8, 4) is 22.3 Å². The van der Waals surface area contributed by atoms with Crippen LogP contribution in [-0.4, -0.2) is 40.7 Å². The monoisotopic (exact) mass is 610 g/mol. The number of carbonyl (C=O) groups is 2. The van der Waals surface area contributed by atoms with E-state index in [2.05, 4.69) is 10.3 Å². The van der Waals surface area contributed by atoms with Crippen molar-refractivity contribution < 1.29 is 27.2 Å². The standard InChI is InChI=1S/C35H29F3N4O3/c36-28-9-7-24(8-10-28)30-19-26(23-3-5-25(6-4-23)34(44)42-15-13-35(37,38)14-16-42)17-27-18-29(45-33(27)30)21-41-32(43)12-2-22-1-11-31(39)40-20-22/h1-12,17-20H,13-16,21H2,(H2,39,40)(H,41,43)/b12-2+. The number of rotatable bonds is 7. The Balaban J connectivity index is 1.24. The fourth-order valence-electron chi connectivity index (χ4n) is 5.25. The Morgan fingerprint density at radius 2 is 1.64 bits per heavy atom. The van der Waals surface area contributed by atoms with Gasteiger partial charge in [0.15, 0.2) is 0 Å². The number of piperidine rings is 1. The molecule has 1 aliphatic rings. The zero-order valence-electron chi connectivity index (χ0n) is 24.1. The summed E-state index contributed by atoms with van der Waals surface area (Å²) in [6.07, 6.45) is 3.92. The minimum absolute atomic E-state index is 0.0188. The van der Waals surface area contributed by atoms with Crippen LogP contribution in [0.3, 0.4) is 0 Å². The normalized spacial score (nSPS) is 14.6. The maximum absolute atomic E-state index is 13.8. The highest BCUT2D eigenvalue weighted by Gasteiger charge is 2.35. The van der Waals surface area contributed by atoms with Crippen molar-refractivity contribution in [3.05, 3.63) is 114 Å². The predicted octanol–water partition coefficient (Wildman–Crippen LogP) is 7.08. The summed E-state index contributed by atoms with van der Waals surface area (Å²) in [5.74, 6) is -2.78. The van der Waals surface area contributed by atoms with Crippen LogP contribution in [0.4, 0.5) is 19.0 Å². The van der Waals surface area contributed by atoms with Gasteiger partial charge in [0.25, 0.3) is 11.8 Å². The summed E-state index contributed by atoms with van der Waals surface area (Å²) >= 11 is 0. The van der Waals surface area contributed by atoms with Crippen LogP contribution in [0.2, 0.25) is 0 Å². The first-order valence-corrected chi connectivity index (χ1v) is 14.4. The van der Waals surface area contributed by atoms with E-state index in [1.54, 1.807) is 48.7 Å². The lowest BCUT2D eigenvalue weighted by Gasteiger charge is -2.31. The van der Waals surface area contributed by atoms with Gasteiger partial charge in [0.05, 0.1) is 6.54 Å². The summed E-state index contributed by atoms with van der Waals surface area (Å²) in [7, 11) is 0. The van der Waals surface area contributed by atoms with Gasteiger partial charge < -0.3 is 20.4 Å². The molecule has 0 radical (unpaired) electrons. The number of alkyl halides is 2. The number of fused-ring (bicyclic) bond motifs is 1. The van der Waals surface area contributed by atoms with Crippen molar-refractivity contribution in [1.29, 1.82) is 0 Å². The first kappa shape index (κ1) is 29.7. The molecule has 1 aliphatic heterocycles. The third-order valence-electron chi connectivity index (χ3n) is 7.74. The molecule has 3 heterocycles. The lowest BCUT2D eigenvalue weighted by Crippen LogP contribution is -2.42. The molecule has 1 saturated heterocycles. The van der Waals surface area contributed by atoms with Crippen LogP contribution in [-0.2, 0) is 11.3 Å². The molecule has 0 atom stereocenters. The molecule has 228 valence electrons. The van der Waals surface area contributed by atoms with Crippen LogP contribution in [0.15, 0.2) is 95.6 Å².